The van der Waals surface area contributed by atoms with Gasteiger partial charge in [0.1, 0.15) is 11.4 Å². The van der Waals surface area contributed by atoms with E-state index >= 15 is 0 Å². The topological polar surface area (TPSA) is 67.3 Å². The molecule has 2 aromatic heterocycles. The van der Waals surface area contributed by atoms with Crippen LogP contribution in [0.4, 0.5) is 19.0 Å². The molecule has 1 aromatic carbocycles. The number of nitrogens with one attached hydrogen (secondary N) is 1. The zero-order valence-corrected chi connectivity index (χ0v) is 16.5. The molecule has 0 bridgehead atoms. The van der Waals surface area contributed by atoms with Crippen molar-refractivity contribution >= 4 is 27.2 Å². The van der Waals surface area contributed by atoms with Crippen molar-refractivity contribution in [3.05, 3.63) is 35.2 Å². The fourth-order valence-corrected chi connectivity index (χ4v) is 4.53. The number of aliphatic hydroxyl groups excluding tert-OH is 1. The van der Waals surface area contributed by atoms with Crippen molar-refractivity contribution in [3.63, 3.8) is 0 Å². The molecule has 1 aliphatic carbocycles. The van der Waals surface area contributed by atoms with E-state index < -0.39 is 17.8 Å². The zero-order chi connectivity index (χ0) is 20.6. The molecule has 0 amide bonds. The third kappa shape index (κ3) is 3.89. The molecule has 4 rings (SSSR count). The molecule has 0 aliphatic heterocycles. The Morgan fingerprint density at radius 1 is 1.17 bits per heavy atom. The maximum Gasteiger partial charge on any atom is 0.416 e. The van der Waals surface area contributed by atoms with Crippen molar-refractivity contribution in [2.24, 2.45) is 0 Å². The molecule has 154 valence electrons. The van der Waals surface area contributed by atoms with Gasteiger partial charge >= 0.3 is 6.18 Å². The van der Waals surface area contributed by atoms with Gasteiger partial charge in [0, 0.05) is 10.9 Å². The second-order valence-corrected chi connectivity index (χ2v) is 7.99. The van der Waals surface area contributed by atoms with Crippen LogP contribution in [0, 0.1) is 0 Å². The van der Waals surface area contributed by atoms with Crippen molar-refractivity contribution in [1.82, 2.24) is 10.2 Å². The molecule has 1 saturated carbocycles. The highest BCUT2D eigenvalue weighted by atomic mass is 32.1. The van der Waals surface area contributed by atoms with Crippen LogP contribution >= 0.6 is 11.3 Å². The van der Waals surface area contributed by atoms with E-state index in [0.29, 0.717) is 17.1 Å². The number of hydrogen-bond donors (Lipinski definition) is 2. The summed E-state index contributed by atoms with van der Waals surface area (Å²) in [7, 11) is 1.33. The van der Waals surface area contributed by atoms with Crippen LogP contribution in [0.15, 0.2) is 29.6 Å². The monoisotopic (exact) mass is 423 g/mol. The molecule has 0 radical (unpaired) electrons. The minimum atomic E-state index is -4.45. The predicted molar refractivity (Wildman–Crippen MR) is 106 cm³/mol. The van der Waals surface area contributed by atoms with E-state index in [0.717, 1.165) is 47.9 Å². The van der Waals surface area contributed by atoms with Gasteiger partial charge in [0.05, 0.1) is 29.5 Å². The molecular formula is C20H20F3N3O2S. The highest BCUT2D eigenvalue weighted by Gasteiger charge is 2.32. The number of alkyl halides is 3. The van der Waals surface area contributed by atoms with E-state index in [1.807, 2.05) is 11.4 Å². The molecule has 3 aromatic rings. The summed E-state index contributed by atoms with van der Waals surface area (Å²) in [5.41, 5.74) is 0.124. The van der Waals surface area contributed by atoms with Crippen LogP contribution in [0.2, 0.25) is 0 Å². The van der Waals surface area contributed by atoms with Crippen LogP contribution < -0.4 is 10.1 Å². The van der Waals surface area contributed by atoms with Gasteiger partial charge in [0.2, 0.25) is 0 Å². The van der Waals surface area contributed by atoms with Gasteiger partial charge in [-0.25, -0.2) is 0 Å². The average molecular weight is 423 g/mol. The third-order valence-corrected chi connectivity index (χ3v) is 6.14. The Labute approximate surface area is 169 Å². The maximum absolute atomic E-state index is 13.0. The normalized spacial score (nSPS) is 20.0. The number of anilines is 1. The number of ether oxygens (including phenoxy) is 1. The van der Waals surface area contributed by atoms with E-state index in [4.69, 9.17) is 4.74 Å². The first-order valence-corrected chi connectivity index (χ1v) is 10.2. The molecule has 2 N–H and O–H groups in total. The van der Waals surface area contributed by atoms with Crippen molar-refractivity contribution in [2.75, 3.05) is 12.4 Å². The first-order valence-electron chi connectivity index (χ1n) is 9.32. The van der Waals surface area contributed by atoms with Crippen LogP contribution in [0.3, 0.4) is 0 Å². The first-order chi connectivity index (χ1) is 13.9. The van der Waals surface area contributed by atoms with Gasteiger partial charge in [-0.05, 0) is 42.5 Å². The van der Waals surface area contributed by atoms with Crippen molar-refractivity contribution < 1.29 is 23.0 Å². The number of fused-ring (bicyclic) bond motifs is 1. The number of thiophene rings is 1. The Morgan fingerprint density at radius 3 is 2.69 bits per heavy atom. The maximum atomic E-state index is 13.0. The minimum Gasteiger partial charge on any atom is -0.496 e. The van der Waals surface area contributed by atoms with E-state index in [1.54, 1.807) is 0 Å². The largest absolute Gasteiger partial charge is 0.496 e. The van der Waals surface area contributed by atoms with Crippen LogP contribution in [0.1, 0.15) is 31.2 Å². The fraction of sp³-hybridized carbons (Fsp3) is 0.400. The Bertz CT molecular complexity index is 1020. The molecule has 0 unspecified atom stereocenters. The Balaban J connectivity index is 1.74. The summed E-state index contributed by atoms with van der Waals surface area (Å²) < 4.78 is 45.2. The van der Waals surface area contributed by atoms with Gasteiger partial charge in [-0.3, -0.25) is 0 Å². The Hall–Kier alpha value is -2.39. The van der Waals surface area contributed by atoms with Crippen molar-refractivity contribution in [3.8, 4) is 17.0 Å². The summed E-state index contributed by atoms with van der Waals surface area (Å²) in [6.45, 7) is 0. The van der Waals surface area contributed by atoms with Crippen LogP contribution in [0.25, 0.3) is 21.3 Å². The Morgan fingerprint density at radius 2 is 1.97 bits per heavy atom. The van der Waals surface area contributed by atoms with Crippen LogP contribution in [-0.4, -0.2) is 34.6 Å². The quantitative estimate of drug-likeness (QED) is 0.611. The molecule has 2 atom stereocenters. The zero-order valence-electron chi connectivity index (χ0n) is 15.7. The molecule has 2 heterocycles. The van der Waals surface area contributed by atoms with Gasteiger partial charge in [-0.15, -0.1) is 21.5 Å². The lowest BCUT2D eigenvalue weighted by Gasteiger charge is -2.28. The van der Waals surface area contributed by atoms with E-state index in [9.17, 15) is 18.3 Å². The molecule has 0 saturated heterocycles. The molecule has 29 heavy (non-hydrogen) atoms. The first kappa shape index (κ1) is 19.9. The van der Waals surface area contributed by atoms with Crippen molar-refractivity contribution in [2.45, 2.75) is 44.0 Å². The number of halogens is 3. The molecule has 9 heteroatoms. The van der Waals surface area contributed by atoms with Gasteiger partial charge in [0.15, 0.2) is 5.82 Å². The molecule has 0 spiro atoms. The number of aromatic nitrogens is 2. The van der Waals surface area contributed by atoms with Gasteiger partial charge in [-0.1, -0.05) is 12.8 Å². The van der Waals surface area contributed by atoms with Crippen LogP contribution in [-0.2, 0) is 6.18 Å². The second-order valence-electron chi connectivity index (χ2n) is 7.08. The molecular weight excluding hydrogens is 403 g/mol. The lowest BCUT2D eigenvalue weighted by Crippen LogP contribution is -2.36. The summed E-state index contributed by atoms with van der Waals surface area (Å²) in [5.74, 6) is 0.667. The van der Waals surface area contributed by atoms with Gasteiger partial charge in [-0.2, -0.15) is 13.2 Å². The van der Waals surface area contributed by atoms with E-state index in [2.05, 4.69) is 15.5 Å². The summed E-state index contributed by atoms with van der Waals surface area (Å²) in [6, 6.07) is 5.13. The standard InChI is InChI=1S/C20H20F3N3O2S/c1-28-16-10-11(20(21,22)23)6-7-12(16)17-13-8-9-29-18(13)19(26-25-17)24-14-4-2-3-5-15(14)27/h6-10,14-15,27H,2-5H2,1H3,(H,24,26)/t14-,15-/m1/s1. The number of aliphatic hydroxyl groups is 1. The van der Waals surface area contributed by atoms with Gasteiger partial charge in [0.25, 0.3) is 0 Å². The van der Waals surface area contributed by atoms with Gasteiger partial charge < -0.3 is 15.2 Å². The number of nitrogens with zero attached hydrogens (tertiary/aromatic N) is 2. The third-order valence-electron chi connectivity index (χ3n) is 5.22. The summed E-state index contributed by atoms with van der Waals surface area (Å²) >= 11 is 1.47. The highest BCUT2D eigenvalue weighted by molar-refractivity contribution is 7.17. The smallest absolute Gasteiger partial charge is 0.416 e. The number of rotatable bonds is 4. The SMILES string of the molecule is COc1cc(C(F)(F)F)ccc1-c1nnc(N[C@@H]2CCCC[C@H]2O)c2sccc12. The fourth-order valence-electron chi connectivity index (χ4n) is 3.69. The second kappa shape index (κ2) is 7.79. The van der Waals surface area contributed by atoms with Crippen molar-refractivity contribution in [1.29, 1.82) is 0 Å². The summed E-state index contributed by atoms with van der Waals surface area (Å²) in [5, 5.41) is 24.8. The highest BCUT2D eigenvalue weighted by Crippen LogP contribution is 2.40. The molecule has 5 nitrogen and oxygen atoms in total. The van der Waals surface area contributed by atoms with E-state index in [-0.39, 0.29) is 11.8 Å². The average Bonchev–Trinajstić information content (AvgIpc) is 3.19. The number of benzene rings is 1. The lowest BCUT2D eigenvalue weighted by molar-refractivity contribution is -0.137. The summed E-state index contributed by atoms with van der Waals surface area (Å²) in [4.78, 5) is 0. The lowest BCUT2D eigenvalue weighted by atomic mass is 9.92. The minimum absolute atomic E-state index is 0.0880. The molecule has 1 fully saturated rings. The van der Waals surface area contributed by atoms with Crippen LogP contribution in [0.5, 0.6) is 5.75 Å². The molecule has 1 aliphatic rings. The number of methoxy groups -OCH3 is 1. The van der Waals surface area contributed by atoms with E-state index in [1.165, 1.54) is 24.5 Å². The Kier molecular flexibility index (Phi) is 5.35. The summed E-state index contributed by atoms with van der Waals surface area (Å²) in [6.07, 6.45) is -1.24. The predicted octanol–water partition coefficient (Wildman–Crippen LogP) is 5.10. The number of hydrogen-bond acceptors (Lipinski definition) is 6.